The Morgan fingerprint density at radius 3 is 2.47 bits per heavy atom. The molecule has 0 saturated heterocycles. The van der Waals surface area contributed by atoms with Crippen molar-refractivity contribution in [2.45, 2.75) is 33.0 Å². The predicted octanol–water partition coefficient (Wildman–Crippen LogP) is 2.57. The largest absolute Gasteiger partial charge is 0.449 e. The maximum absolute atomic E-state index is 8.67. The van der Waals surface area contributed by atoms with E-state index in [9.17, 15) is 0 Å². The second-order valence-electron chi connectivity index (χ2n) is 4.16. The summed E-state index contributed by atoms with van der Waals surface area (Å²) in [4.78, 5) is 0. The van der Waals surface area contributed by atoms with Gasteiger partial charge in [-0.2, -0.15) is 5.26 Å². The zero-order valence-electron chi connectivity index (χ0n) is 9.13. The molecular weight excluding hydrogens is 190 g/mol. The molecule has 0 fully saturated rings. The fourth-order valence-corrected chi connectivity index (χ4v) is 1.69. The number of hydrogen-bond donors (Lipinski definition) is 0. The van der Waals surface area contributed by atoms with Crippen LogP contribution >= 0.6 is 0 Å². The highest BCUT2D eigenvalue weighted by molar-refractivity contribution is 5.49. The van der Waals surface area contributed by atoms with Crippen molar-refractivity contribution in [2.75, 3.05) is 0 Å². The maximum Gasteiger partial charge on any atom is 0.246 e. The van der Waals surface area contributed by atoms with E-state index in [0.717, 1.165) is 22.6 Å². The highest BCUT2D eigenvalue weighted by Gasteiger charge is 2.32. The van der Waals surface area contributed by atoms with Crippen molar-refractivity contribution in [2.24, 2.45) is 0 Å². The van der Waals surface area contributed by atoms with Crippen LogP contribution in [0.15, 0.2) is 12.1 Å². The summed E-state index contributed by atoms with van der Waals surface area (Å²) < 4.78 is 11.2. The molecule has 15 heavy (non-hydrogen) atoms. The molecule has 0 atom stereocenters. The Kier molecular flexibility index (Phi) is 2.08. The van der Waals surface area contributed by atoms with Crippen LogP contribution in [0.3, 0.4) is 0 Å². The Bertz CT molecular complexity index is 444. The molecule has 1 heterocycles. The smallest absolute Gasteiger partial charge is 0.246 e. The van der Waals surface area contributed by atoms with Crippen molar-refractivity contribution in [1.82, 2.24) is 0 Å². The molecule has 0 bridgehead atoms. The SMILES string of the molecule is Cc1cc2c(cc1CC#N)OC(C)(C)O2. The van der Waals surface area contributed by atoms with E-state index in [2.05, 4.69) is 6.07 Å². The summed E-state index contributed by atoms with van der Waals surface area (Å²) in [5.74, 6) is 0.898. The van der Waals surface area contributed by atoms with Crippen molar-refractivity contribution in [3.05, 3.63) is 23.3 Å². The van der Waals surface area contributed by atoms with Crippen LogP contribution in [0, 0.1) is 18.3 Å². The van der Waals surface area contributed by atoms with Gasteiger partial charge >= 0.3 is 0 Å². The van der Waals surface area contributed by atoms with Gasteiger partial charge in [-0.25, -0.2) is 0 Å². The van der Waals surface area contributed by atoms with E-state index in [0.29, 0.717) is 6.42 Å². The molecule has 0 saturated carbocycles. The second kappa shape index (κ2) is 3.16. The van der Waals surface area contributed by atoms with Gasteiger partial charge in [0.15, 0.2) is 11.5 Å². The monoisotopic (exact) mass is 203 g/mol. The lowest BCUT2D eigenvalue weighted by atomic mass is 10.1. The van der Waals surface area contributed by atoms with Crippen LogP contribution < -0.4 is 9.47 Å². The first-order valence-electron chi connectivity index (χ1n) is 4.90. The lowest BCUT2D eigenvalue weighted by Gasteiger charge is -2.16. The van der Waals surface area contributed by atoms with Gasteiger partial charge in [0.25, 0.3) is 0 Å². The van der Waals surface area contributed by atoms with Crippen molar-refractivity contribution in [3.63, 3.8) is 0 Å². The number of hydrogen-bond acceptors (Lipinski definition) is 3. The quantitative estimate of drug-likeness (QED) is 0.704. The van der Waals surface area contributed by atoms with Gasteiger partial charge in [0.05, 0.1) is 12.5 Å². The lowest BCUT2D eigenvalue weighted by molar-refractivity contribution is -0.0431. The zero-order chi connectivity index (χ0) is 11.1. The van der Waals surface area contributed by atoms with Crippen molar-refractivity contribution in [1.29, 1.82) is 5.26 Å². The van der Waals surface area contributed by atoms with Crippen molar-refractivity contribution < 1.29 is 9.47 Å². The van der Waals surface area contributed by atoms with Gasteiger partial charge in [0.1, 0.15) is 0 Å². The minimum Gasteiger partial charge on any atom is -0.449 e. The number of nitrogens with zero attached hydrogens (tertiary/aromatic N) is 1. The van der Waals surface area contributed by atoms with Gasteiger partial charge in [-0.05, 0) is 30.2 Å². The fraction of sp³-hybridized carbons (Fsp3) is 0.417. The molecule has 1 aliphatic heterocycles. The van der Waals surface area contributed by atoms with Crippen LogP contribution in [-0.2, 0) is 6.42 Å². The number of aryl methyl sites for hydroxylation is 1. The number of ether oxygens (including phenoxy) is 2. The molecule has 0 aromatic heterocycles. The van der Waals surface area contributed by atoms with Crippen LogP contribution in [0.25, 0.3) is 0 Å². The van der Waals surface area contributed by atoms with E-state index in [1.165, 1.54) is 0 Å². The maximum atomic E-state index is 8.67. The third-order valence-corrected chi connectivity index (χ3v) is 2.38. The molecule has 0 aliphatic carbocycles. The van der Waals surface area contributed by atoms with Crippen LogP contribution in [-0.4, -0.2) is 5.79 Å². The third kappa shape index (κ3) is 1.75. The average Bonchev–Trinajstić information content (AvgIpc) is 2.39. The normalized spacial score (nSPS) is 16.1. The third-order valence-electron chi connectivity index (χ3n) is 2.38. The van der Waals surface area contributed by atoms with E-state index in [-0.39, 0.29) is 0 Å². The average molecular weight is 203 g/mol. The van der Waals surface area contributed by atoms with Gasteiger partial charge in [0.2, 0.25) is 5.79 Å². The van der Waals surface area contributed by atoms with Crippen LogP contribution in [0.4, 0.5) is 0 Å². The Labute approximate surface area is 89.2 Å². The minimum absolute atomic E-state index is 0.406. The van der Waals surface area contributed by atoms with Crippen LogP contribution in [0.1, 0.15) is 25.0 Å². The van der Waals surface area contributed by atoms with E-state index in [1.54, 1.807) is 0 Å². The van der Waals surface area contributed by atoms with Gasteiger partial charge in [0, 0.05) is 13.8 Å². The standard InChI is InChI=1S/C12H13NO2/c1-8-6-10-11(7-9(8)4-5-13)15-12(2,3)14-10/h6-7H,4H2,1-3H3. The molecule has 1 aliphatic rings. The van der Waals surface area contributed by atoms with E-state index < -0.39 is 5.79 Å². The summed E-state index contributed by atoms with van der Waals surface area (Å²) in [6, 6.07) is 5.96. The molecular formula is C12H13NO2. The molecule has 3 heteroatoms. The molecule has 0 spiro atoms. The summed E-state index contributed by atoms with van der Waals surface area (Å²) in [7, 11) is 0. The molecule has 0 amide bonds. The molecule has 0 unspecified atom stereocenters. The summed E-state index contributed by atoms with van der Waals surface area (Å²) in [5, 5.41) is 8.67. The minimum atomic E-state index is -0.597. The van der Waals surface area contributed by atoms with Crippen LogP contribution in [0.5, 0.6) is 11.5 Å². The van der Waals surface area contributed by atoms with Crippen molar-refractivity contribution in [3.8, 4) is 17.6 Å². The summed E-state index contributed by atoms with van der Waals surface area (Å²) in [6.45, 7) is 5.71. The van der Waals surface area contributed by atoms with Gasteiger partial charge in [-0.1, -0.05) is 0 Å². The summed E-state index contributed by atoms with van der Waals surface area (Å²) >= 11 is 0. The molecule has 2 rings (SSSR count). The Morgan fingerprint density at radius 2 is 1.87 bits per heavy atom. The first-order valence-corrected chi connectivity index (χ1v) is 4.90. The summed E-state index contributed by atoms with van der Waals surface area (Å²) in [5.41, 5.74) is 2.06. The number of rotatable bonds is 1. The highest BCUT2D eigenvalue weighted by Crippen LogP contribution is 2.40. The Hall–Kier alpha value is -1.69. The fourth-order valence-electron chi connectivity index (χ4n) is 1.69. The molecule has 1 aromatic rings. The number of fused-ring (bicyclic) bond motifs is 1. The van der Waals surface area contributed by atoms with Gasteiger partial charge in [-0.3, -0.25) is 0 Å². The molecule has 0 N–H and O–H groups in total. The summed E-state index contributed by atoms with van der Waals surface area (Å²) in [6.07, 6.45) is 0.406. The molecule has 0 radical (unpaired) electrons. The molecule has 3 nitrogen and oxygen atoms in total. The first kappa shape index (κ1) is 9.85. The van der Waals surface area contributed by atoms with Gasteiger partial charge in [-0.15, -0.1) is 0 Å². The Balaban J connectivity index is 2.42. The Morgan fingerprint density at radius 1 is 1.27 bits per heavy atom. The van der Waals surface area contributed by atoms with Crippen molar-refractivity contribution >= 4 is 0 Å². The second-order valence-corrected chi connectivity index (χ2v) is 4.16. The van der Waals surface area contributed by atoms with E-state index in [4.69, 9.17) is 14.7 Å². The highest BCUT2D eigenvalue weighted by atomic mass is 16.7. The first-order chi connectivity index (χ1) is 7.02. The number of nitriles is 1. The predicted molar refractivity (Wildman–Crippen MR) is 55.8 cm³/mol. The topological polar surface area (TPSA) is 42.2 Å². The van der Waals surface area contributed by atoms with E-state index in [1.807, 2.05) is 32.9 Å². The molecule has 1 aromatic carbocycles. The molecule has 78 valence electrons. The lowest BCUT2D eigenvalue weighted by Crippen LogP contribution is -2.29. The van der Waals surface area contributed by atoms with Gasteiger partial charge < -0.3 is 9.47 Å². The zero-order valence-corrected chi connectivity index (χ0v) is 9.13. The number of benzene rings is 1. The van der Waals surface area contributed by atoms with E-state index >= 15 is 0 Å². The van der Waals surface area contributed by atoms with Crippen LogP contribution in [0.2, 0.25) is 0 Å².